The van der Waals surface area contributed by atoms with Gasteiger partial charge in [-0.15, -0.1) is 0 Å². The van der Waals surface area contributed by atoms with Crippen LogP contribution in [0, 0.1) is 0 Å². The van der Waals surface area contributed by atoms with Crippen molar-refractivity contribution in [2.45, 2.75) is 0 Å². The van der Waals surface area contributed by atoms with Gasteiger partial charge >= 0.3 is 67.3 Å². The minimum Gasteiger partial charge on any atom is 0 e. The number of hydrogen-bond donors (Lipinski definition) is 2. The molecule has 0 saturated carbocycles. The fourth-order valence-corrected chi connectivity index (χ4v) is 0. The second-order valence-electron chi connectivity index (χ2n) is 0.448. The SMILES string of the molecule is [Ca+2].[Cd].[Cu].[H-].[H-].[O]=[Cr](=[O])([OH])[OH].[Zn]. The van der Waals surface area contributed by atoms with Crippen LogP contribution < -0.4 is 0 Å². The van der Waals surface area contributed by atoms with Gasteiger partial charge in [0, 0.05) is 63.8 Å². The average Bonchev–Trinajstić information content (AvgIpc) is 0.722. The van der Waals surface area contributed by atoms with Crippen LogP contribution >= 0.6 is 0 Å². The van der Waals surface area contributed by atoms with E-state index in [0.717, 1.165) is 0 Å². The van der Waals surface area contributed by atoms with Gasteiger partial charge in [0.05, 0.1) is 0 Å². The van der Waals surface area contributed by atoms with E-state index in [9.17, 15) is 0 Å². The van der Waals surface area contributed by atoms with E-state index in [2.05, 4.69) is 0 Å². The number of hydrogen-bond acceptors (Lipinski definition) is 2. The molecule has 9 heavy (non-hydrogen) atoms. The first-order valence-corrected chi connectivity index (χ1v) is 2.88. The summed E-state index contributed by atoms with van der Waals surface area (Å²) in [5, 5.41) is 0. The van der Waals surface area contributed by atoms with Gasteiger partial charge < -0.3 is 2.85 Å². The fourth-order valence-electron chi connectivity index (χ4n) is 0. The van der Waals surface area contributed by atoms with Crippen LogP contribution in [0.5, 0.6) is 0 Å². The molecular formula is H4CaCdCrCuO4Zn. The quantitative estimate of drug-likeness (QED) is 0.484. The molecule has 0 spiro atoms. The Balaban J connectivity index is -0.00000000533. The molecule has 0 aromatic heterocycles. The normalized spacial score (nSPS) is 6.44. The molecule has 9 heteroatoms. The first kappa shape index (κ1) is 29.4. The third-order valence-corrected chi connectivity index (χ3v) is 0. The van der Waals surface area contributed by atoms with Crippen LogP contribution in [-0.4, -0.2) is 46.1 Å². The Bertz CT molecular complexity index is 111. The molecule has 0 aromatic carbocycles. The topological polar surface area (TPSA) is 74.6 Å². The van der Waals surface area contributed by atoms with E-state index in [1.54, 1.807) is 0 Å². The van der Waals surface area contributed by atoms with Gasteiger partial charge in [0.2, 0.25) is 0 Å². The summed E-state index contributed by atoms with van der Waals surface area (Å²) in [5.74, 6) is 0. The van der Waals surface area contributed by atoms with Crippen LogP contribution in [0.25, 0.3) is 0 Å². The van der Waals surface area contributed by atoms with Gasteiger partial charge in [0.15, 0.2) is 0 Å². The molecule has 0 bridgehead atoms. The molecule has 0 atom stereocenters. The summed E-state index contributed by atoms with van der Waals surface area (Å²) in [6.07, 6.45) is 0. The van der Waals surface area contributed by atoms with Crippen LogP contribution in [0.2, 0.25) is 0 Å². The third kappa shape index (κ3) is 87.7. The molecule has 0 aliphatic heterocycles. The van der Waals surface area contributed by atoms with Crippen LogP contribution in [-0.2, 0) is 85.1 Å². The van der Waals surface area contributed by atoms with Gasteiger partial charge in [-0.3, -0.25) is 0 Å². The Morgan fingerprint density at radius 1 is 1.22 bits per heavy atom. The van der Waals surface area contributed by atoms with Crippen molar-refractivity contribution in [1.82, 2.24) is 0 Å². The summed E-state index contributed by atoms with van der Waals surface area (Å²) < 4.78 is 31.9. The maximum Gasteiger partial charge on any atom is 0 e. The van der Waals surface area contributed by atoms with Crippen LogP contribution in [0.1, 0.15) is 2.85 Å². The van der Waals surface area contributed by atoms with Crippen molar-refractivity contribution in [1.29, 1.82) is 0 Å². The van der Waals surface area contributed by atoms with Crippen molar-refractivity contribution < 1.29 is 96.2 Å². The molecule has 0 fully saturated rings. The molecule has 4 nitrogen and oxygen atoms in total. The van der Waals surface area contributed by atoms with Crippen molar-refractivity contribution in [3.05, 3.63) is 0 Å². The largest absolute Gasteiger partial charge is 0 e. The summed E-state index contributed by atoms with van der Waals surface area (Å²) in [6.45, 7) is 0. The summed E-state index contributed by atoms with van der Waals surface area (Å²) in [5.41, 5.74) is 0. The van der Waals surface area contributed by atoms with Crippen LogP contribution in [0.4, 0.5) is 0 Å². The summed E-state index contributed by atoms with van der Waals surface area (Å²) in [4.78, 5) is 0. The standard InChI is InChI=1S/Ca.Cd.Cr.Cu.2H2O.2O.Zn.2H/h;;;;2*1H2;;;;;/q+2;;+2;;;;;;;2*-1/p-2. The maximum atomic E-state index is 8.82. The zero-order valence-corrected chi connectivity index (χ0v) is 16.0. The van der Waals surface area contributed by atoms with Gasteiger partial charge in [-0.05, 0) is 0 Å². The molecule has 0 aliphatic rings. The Labute approximate surface area is 131 Å². The van der Waals surface area contributed by atoms with Gasteiger partial charge in [0.25, 0.3) is 0 Å². The predicted octanol–water partition coefficient (Wildman–Crippen LogP) is -1.52. The van der Waals surface area contributed by atoms with Crippen LogP contribution in [0.3, 0.4) is 0 Å². The zero-order valence-electron chi connectivity index (χ0n) is 6.54. The van der Waals surface area contributed by atoms with E-state index >= 15 is 0 Å². The molecule has 0 aromatic rings. The van der Waals surface area contributed by atoms with Crippen molar-refractivity contribution in [2.75, 3.05) is 0 Å². The molecular weight excluding hydrogens is 397 g/mol. The fraction of sp³-hybridized carbons (Fsp3) is 0. The van der Waals surface area contributed by atoms with E-state index in [1.165, 1.54) is 0 Å². The minimum absolute atomic E-state index is 0. The first-order chi connectivity index (χ1) is 2.00. The predicted molar refractivity (Wildman–Crippen MR) is 13.8 cm³/mol. The second-order valence-corrected chi connectivity index (χ2v) is 1.85. The smallest absolute Gasteiger partial charge is 0 e. The molecule has 2 N–H and O–H groups in total. The molecule has 0 unspecified atom stereocenters. The Morgan fingerprint density at radius 3 is 1.22 bits per heavy atom. The molecule has 0 amide bonds. The summed E-state index contributed by atoms with van der Waals surface area (Å²) >= 11 is -5.25. The van der Waals surface area contributed by atoms with Gasteiger partial charge in [-0.2, -0.15) is 0 Å². The number of rotatable bonds is 0. The van der Waals surface area contributed by atoms with Crippen molar-refractivity contribution in [3.63, 3.8) is 0 Å². The monoisotopic (exact) mass is 401 g/mol. The van der Waals surface area contributed by atoms with Crippen molar-refractivity contribution >= 4 is 37.7 Å². The summed E-state index contributed by atoms with van der Waals surface area (Å²) in [6, 6.07) is 0. The molecule has 1 radical (unpaired) electrons. The molecule has 0 aliphatic carbocycles. The minimum atomic E-state index is -5.25. The maximum absolute atomic E-state index is 8.82. The second kappa shape index (κ2) is 13.9. The average molecular weight is 401 g/mol. The Hall–Kier alpha value is 3.38. The van der Waals surface area contributed by atoms with Crippen molar-refractivity contribution in [2.24, 2.45) is 0 Å². The first-order valence-electron chi connectivity index (χ1n) is 0.698. The molecule has 0 heterocycles. The van der Waals surface area contributed by atoms with Crippen molar-refractivity contribution in [3.8, 4) is 0 Å². The van der Waals surface area contributed by atoms with E-state index < -0.39 is 13.6 Å². The summed E-state index contributed by atoms with van der Waals surface area (Å²) in [7, 11) is 0. The molecule has 51 valence electrons. The molecule has 0 rings (SSSR count). The van der Waals surface area contributed by atoms with Gasteiger partial charge in [0.1, 0.15) is 0 Å². The third-order valence-electron chi connectivity index (χ3n) is 0. The van der Waals surface area contributed by atoms with E-state index in [-0.39, 0.29) is 104 Å². The van der Waals surface area contributed by atoms with E-state index in [1.807, 2.05) is 0 Å². The van der Waals surface area contributed by atoms with Crippen LogP contribution in [0.15, 0.2) is 0 Å². The van der Waals surface area contributed by atoms with E-state index in [0.29, 0.717) is 0 Å². The van der Waals surface area contributed by atoms with Gasteiger partial charge in [-0.1, -0.05) is 0 Å². The zero-order chi connectivity index (χ0) is 4.50. The molecule has 0 saturated heterocycles. The Morgan fingerprint density at radius 2 is 1.22 bits per heavy atom. The Kier molecular flexibility index (Phi) is 45.6. The van der Waals surface area contributed by atoms with E-state index in [4.69, 9.17) is 15.9 Å². The van der Waals surface area contributed by atoms with Gasteiger partial charge in [-0.25, -0.2) is 0 Å².